The van der Waals surface area contributed by atoms with Crippen LogP contribution in [0.5, 0.6) is 11.5 Å². The monoisotopic (exact) mass is 379 g/mol. The summed E-state index contributed by atoms with van der Waals surface area (Å²) in [5, 5.41) is 2.85. The molecule has 0 spiro atoms. The molecular weight excluding hydrogens is 359 g/mol. The summed E-state index contributed by atoms with van der Waals surface area (Å²) in [5.41, 5.74) is 2.35. The molecule has 0 radical (unpaired) electrons. The summed E-state index contributed by atoms with van der Waals surface area (Å²) in [6.45, 7) is 4.06. The first kappa shape index (κ1) is 19.1. The first-order chi connectivity index (χ1) is 12.7. The van der Waals surface area contributed by atoms with E-state index in [-0.39, 0.29) is 23.7 Å². The highest BCUT2D eigenvalue weighted by Crippen LogP contribution is 2.34. The van der Waals surface area contributed by atoms with Crippen LogP contribution >= 0.6 is 0 Å². The Morgan fingerprint density at radius 3 is 2.67 bits per heavy atom. The lowest BCUT2D eigenvalue weighted by Gasteiger charge is -2.13. The van der Waals surface area contributed by atoms with Crippen molar-refractivity contribution >= 4 is 5.91 Å². The van der Waals surface area contributed by atoms with E-state index in [0.29, 0.717) is 18.5 Å². The van der Waals surface area contributed by atoms with Gasteiger partial charge in [-0.1, -0.05) is 32.0 Å². The Bertz CT molecular complexity index is 833. The summed E-state index contributed by atoms with van der Waals surface area (Å²) >= 11 is 0. The summed E-state index contributed by atoms with van der Waals surface area (Å²) in [6.07, 6.45) is -4.25. The highest BCUT2D eigenvalue weighted by atomic mass is 19.4. The van der Waals surface area contributed by atoms with Crippen molar-refractivity contribution in [1.82, 2.24) is 5.32 Å². The van der Waals surface area contributed by atoms with Crippen LogP contribution in [0.1, 0.15) is 19.4 Å². The molecule has 2 aromatic rings. The lowest BCUT2D eigenvalue weighted by Crippen LogP contribution is -2.36. The van der Waals surface area contributed by atoms with Crippen molar-refractivity contribution in [1.29, 1.82) is 0 Å². The standard InChI is InChI=1S/C20H20F3NO3/c1-12(2)19(25)24-11-17-10-15-8-14(6-7-18(15)26-17)13-4-3-5-16(9-13)27-20(21,22)23/h3-9,12,17H,10-11H2,1-2H3,(H,24,25)/t17-/m1/s1. The molecule has 7 heteroatoms. The molecule has 0 unspecified atom stereocenters. The molecule has 0 saturated carbocycles. The maximum Gasteiger partial charge on any atom is 0.573 e. The smallest absolute Gasteiger partial charge is 0.488 e. The predicted molar refractivity (Wildman–Crippen MR) is 94.5 cm³/mol. The molecule has 4 nitrogen and oxygen atoms in total. The number of hydrogen-bond donors (Lipinski definition) is 1. The van der Waals surface area contributed by atoms with Crippen LogP contribution in [0.4, 0.5) is 13.2 Å². The predicted octanol–water partition coefficient (Wildman–Crippen LogP) is 4.33. The number of halogens is 3. The maximum atomic E-state index is 12.4. The summed E-state index contributed by atoms with van der Waals surface area (Å²) in [4.78, 5) is 11.7. The Kier molecular flexibility index (Phi) is 5.30. The number of ether oxygens (including phenoxy) is 2. The van der Waals surface area contributed by atoms with Crippen LogP contribution in [0.15, 0.2) is 42.5 Å². The average molecular weight is 379 g/mol. The first-order valence-corrected chi connectivity index (χ1v) is 8.65. The van der Waals surface area contributed by atoms with Gasteiger partial charge in [-0.3, -0.25) is 4.79 Å². The molecule has 2 aromatic carbocycles. The molecule has 1 N–H and O–H groups in total. The molecular formula is C20H20F3NO3. The van der Waals surface area contributed by atoms with Crippen LogP contribution in [-0.4, -0.2) is 24.9 Å². The van der Waals surface area contributed by atoms with Crippen molar-refractivity contribution in [3.8, 4) is 22.6 Å². The van der Waals surface area contributed by atoms with Gasteiger partial charge in [-0.2, -0.15) is 0 Å². The van der Waals surface area contributed by atoms with Crippen LogP contribution < -0.4 is 14.8 Å². The van der Waals surface area contributed by atoms with Gasteiger partial charge in [-0.05, 0) is 41.0 Å². The van der Waals surface area contributed by atoms with Gasteiger partial charge in [0, 0.05) is 12.3 Å². The van der Waals surface area contributed by atoms with Crippen molar-refractivity contribution in [2.45, 2.75) is 32.7 Å². The Morgan fingerprint density at radius 2 is 1.96 bits per heavy atom. The zero-order valence-corrected chi connectivity index (χ0v) is 15.0. The molecule has 0 aromatic heterocycles. The van der Waals surface area contributed by atoms with E-state index in [2.05, 4.69) is 10.1 Å². The van der Waals surface area contributed by atoms with Gasteiger partial charge in [0.05, 0.1) is 6.54 Å². The second-order valence-electron chi connectivity index (χ2n) is 6.74. The summed E-state index contributed by atoms with van der Waals surface area (Å²) < 4.78 is 47.0. The Balaban J connectivity index is 1.71. The molecule has 0 saturated heterocycles. The molecule has 3 rings (SSSR count). The normalized spacial score (nSPS) is 16.0. The van der Waals surface area contributed by atoms with Gasteiger partial charge in [0.15, 0.2) is 0 Å². The fraction of sp³-hybridized carbons (Fsp3) is 0.350. The largest absolute Gasteiger partial charge is 0.573 e. The average Bonchev–Trinajstić information content (AvgIpc) is 3.00. The highest BCUT2D eigenvalue weighted by molar-refractivity contribution is 5.77. The van der Waals surface area contributed by atoms with Crippen molar-refractivity contribution in [3.05, 3.63) is 48.0 Å². The van der Waals surface area contributed by atoms with Gasteiger partial charge in [0.2, 0.25) is 5.91 Å². The van der Waals surface area contributed by atoms with Gasteiger partial charge in [-0.25, -0.2) is 0 Å². The van der Waals surface area contributed by atoms with E-state index >= 15 is 0 Å². The molecule has 1 heterocycles. The third-order valence-electron chi connectivity index (χ3n) is 4.23. The number of hydrogen-bond acceptors (Lipinski definition) is 3. The van der Waals surface area contributed by atoms with Gasteiger partial charge >= 0.3 is 6.36 Å². The zero-order chi connectivity index (χ0) is 19.6. The van der Waals surface area contributed by atoms with E-state index in [0.717, 1.165) is 16.9 Å². The van der Waals surface area contributed by atoms with E-state index in [9.17, 15) is 18.0 Å². The molecule has 0 aliphatic carbocycles. The topological polar surface area (TPSA) is 47.6 Å². The fourth-order valence-electron chi connectivity index (χ4n) is 2.91. The minimum absolute atomic E-state index is 0.0308. The van der Waals surface area contributed by atoms with Crippen molar-refractivity contribution in [3.63, 3.8) is 0 Å². The zero-order valence-electron chi connectivity index (χ0n) is 15.0. The van der Waals surface area contributed by atoms with Crippen LogP contribution in [0, 0.1) is 5.92 Å². The minimum atomic E-state index is -4.72. The lowest BCUT2D eigenvalue weighted by molar-refractivity contribution is -0.274. The van der Waals surface area contributed by atoms with E-state index in [1.165, 1.54) is 18.2 Å². The first-order valence-electron chi connectivity index (χ1n) is 8.65. The number of nitrogens with one attached hydrogen (secondary N) is 1. The van der Waals surface area contributed by atoms with Crippen molar-refractivity contribution in [2.75, 3.05) is 6.54 Å². The third kappa shape index (κ3) is 4.93. The van der Waals surface area contributed by atoms with Crippen LogP contribution in [0.2, 0.25) is 0 Å². The van der Waals surface area contributed by atoms with Crippen molar-refractivity contribution < 1.29 is 27.4 Å². The summed E-state index contributed by atoms with van der Waals surface area (Å²) in [6, 6.07) is 11.3. The summed E-state index contributed by atoms with van der Waals surface area (Å²) in [7, 11) is 0. The lowest BCUT2D eigenvalue weighted by atomic mass is 10.0. The quantitative estimate of drug-likeness (QED) is 0.841. The third-order valence-corrected chi connectivity index (χ3v) is 4.23. The van der Waals surface area contributed by atoms with Gasteiger partial charge in [-0.15, -0.1) is 13.2 Å². The Hall–Kier alpha value is -2.70. The second-order valence-corrected chi connectivity index (χ2v) is 6.74. The van der Waals surface area contributed by atoms with Crippen LogP contribution in [-0.2, 0) is 11.2 Å². The highest BCUT2D eigenvalue weighted by Gasteiger charge is 2.31. The number of benzene rings is 2. The van der Waals surface area contributed by atoms with E-state index in [4.69, 9.17) is 4.74 Å². The number of alkyl halides is 3. The van der Waals surface area contributed by atoms with Crippen LogP contribution in [0.3, 0.4) is 0 Å². The molecule has 27 heavy (non-hydrogen) atoms. The summed E-state index contributed by atoms with van der Waals surface area (Å²) in [5.74, 6) is 0.347. The molecule has 1 amide bonds. The van der Waals surface area contributed by atoms with E-state index in [1.54, 1.807) is 18.2 Å². The maximum absolute atomic E-state index is 12.4. The van der Waals surface area contributed by atoms with Gasteiger partial charge in [0.25, 0.3) is 0 Å². The molecule has 1 aliphatic rings. The van der Waals surface area contributed by atoms with E-state index in [1.807, 2.05) is 19.9 Å². The molecule has 0 fully saturated rings. The van der Waals surface area contributed by atoms with Crippen LogP contribution in [0.25, 0.3) is 11.1 Å². The number of amides is 1. The minimum Gasteiger partial charge on any atom is -0.488 e. The fourth-order valence-corrected chi connectivity index (χ4v) is 2.91. The number of fused-ring (bicyclic) bond motifs is 1. The number of rotatable bonds is 5. The molecule has 144 valence electrons. The van der Waals surface area contributed by atoms with Crippen molar-refractivity contribution in [2.24, 2.45) is 5.92 Å². The molecule has 1 aliphatic heterocycles. The second kappa shape index (κ2) is 7.50. The Morgan fingerprint density at radius 1 is 1.22 bits per heavy atom. The van der Waals surface area contributed by atoms with Gasteiger partial charge < -0.3 is 14.8 Å². The SMILES string of the molecule is CC(C)C(=O)NC[C@H]1Cc2cc(-c3cccc(OC(F)(F)F)c3)ccc2O1. The van der Waals surface area contributed by atoms with Gasteiger partial charge in [0.1, 0.15) is 17.6 Å². The van der Waals surface area contributed by atoms with E-state index < -0.39 is 6.36 Å². The molecule has 0 bridgehead atoms. The number of carbonyl (C=O) groups excluding carboxylic acids is 1. The Labute approximate surface area is 155 Å². The number of carbonyl (C=O) groups is 1. The molecule has 1 atom stereocenters.